The lowest BCUT2D eigenvalue weighted by Gasteiger charge is -2.17. The van der Waals surface area contributed by atoms with Crippen molar-refractivity contribution in [3.05, 3.63) is 88.4 Å². The standard InChI is InChI=1S/C29H30ClN3O4/c1-3-20-5-7-21(8-6-20)16-31-29(36)22-14-28(35)33(17-22)24-10-12-25(13-11-24)37-18-27(34)32-23-9-4-19(2)26(30)15-23/h4-13,15,22H,3,14,16-18H2,1-2H3,(H,31,36)(H,32,34)/t22-/m1/s1. The highest BCUT2D eigenvalue weighted by atomic mass is 35.5. The zero-order chi connectivity index (χ0) is 26.4. The quantitative estimate of drug-likeness (QED) is 0.421. The van der Waals surface area contributed by atoms with Crippen molar-refractivity contribution in [2.75, 3.05) is 23.4 Å². The van der Waals surface area contributed by atoms with Gasteiger partial charge in [0.05, 0.1) is 5.92 Å². The van der Waals surface area contributed by atoms with Crippen LogP contribution in [0, 0.1) is 12.8 Å². The summed E-state index contributed by atoms with van der Waals surface area (Å²) in [4.78, 5) is 39.1. The average Bonchev–Trinajstić information content (AvgIpc) is 3.30. The zero-order valence-corrected chi connectivity index (χ0v) is 21.7. The number of aryl methyl sites for hydroxylation is 2. The molecule has 0 saturated carbocycles. The number of nitrogens with zero attached hydrogens (tertiary/aromatic N) is 1. The third-order valence-electron chi connectivity index (χ3n) is 6.37. The third kappa shape index (κ3) is 6.89. The molecule has 1 heterocycles. The van der Waals surface area contributed by atoms with Crippen LogP contribution in [0.5, 0.6) is 5.75 Å². The van der Waals surface area contributed by atoms with Crippen LogP contribution >= 0.6 is 11.6 Å². The monoisotopic (exact) mass is 519 g/mol. The molecule has 37 heavy (non-hydrogen) atoms. The highest BCUT2D eigenvalue weighted by molar-refractivity contribution is 6.31. The van der Waals surface area contributed by atoms with Crippen molar-refractivity contribution < 1.29 is 19.1 Å². The minimum absolute atomic E-state index is 0.0998. The van der Waals surface area contributed by atoms with E-state index in [9.17, 15) is 14.4 Å². The smallest absolute Gasteiger partial charge is 0.262 e. The zero-order valence-electron chi connectivity index (χ0n) is 20.9. The van der Waals surface area contributed by atoms with Crippen LogP contribution < -0.4 is 20.3 Å². The Morgan fingerprint density at radius 1 is 1.03 bits per heavy atom. The van der Waals surface area contributed by atoms with E-state index in [0.717, 1.165) is 17.5 Å². The Bertz CT molecular complexity index is 1280. The fourth-order valence-electron chi connectivity index (χ4n) is 4.10. The Labute approximate surface area is 221 Å². The molecule has 7 nitrogen and oxygen atoms in total. The summed E-state index contributed by atoms with van der Waals surface area (Å²) in [5.74, 6) is -0.449. The molecule has 1 atom stereocenters. The molecule has 1 aliphatic heterocycles. The summed E-state index contributed by atoms with van der Waals surface area (Å²) in [6, 6.07) is 20.3. The molecule has 0 spiro atoms. The second kappa shape index (κ2) is 11.9. The maximum absolute atomic E-state index is 12.7. The van der Waals surface area contributed by atoms with Crippen molar-refractivity contribution >= 4 is 40.7 Å². The first-order valence-electron chi connectivity index (χ1n) is 12.3. The number of amides is 3. The lowest BCUT2D eigenvalue weighted by Crippen LogP contribution is -2.32. The highest BCUT2D eigenvalue weighted by Crippen LogP contribution is 2.27. The van der Waals surface area contributed by atoms with Gasteiger partial charge in [-0.1, -0.05) is 48.9 Å². The first kappa shape index (κ1) is 26.2. The number of anilines is 2. The molecule has 3 aromatic carbocycles. The van der Waals surface area contributed by atoms with Gasteiger partial charge in [0, 0.05) is 35.9 Å². The number of benzene rings is 3. The van der Waals surface area contributed by atoms with E-state index in [2.05, 4.69) is 29.7 Å². The third-order valence-corrected chi connectivity index (χ3v) is 6.77. The van der Waals surface area contributed by atoms with Crippen molar-refractivity contribution in [1.29, 1.82) is 0 Å². The Hall–Kier alpha value is -3.84. The van der Waals surface area contributed by atoms with Gasteiger partial charge >= 0.3 is 0 Å². The van der Waals surface area contributed by atoms with Gasteiger partial charge in [0.25, 0.3) is 5.91 Å². The van der Waals surface area contributed by atoms with Gasteiger partial charge in [-0.2, -0.15) is 0 Å². The van der Waals surface area contributed by atoms with E-state index in [1.54, 1.807) is 41.3 Å². The van der Waals surface area contributed by atoms with Crippen molar-refractivity contribution in [2.24, 2.45) is 5.92 Å². The van der Waals surface area contributed by atoms with E-state index in [1.165, 1.54) is 5.56 Å². The minimum Gasteiger partial charge on any atom is -0.484 e. The molecule has 2 N–H and O–H groups in total. The lowest BCUT2D eigenvalue weighted by molar-refractivity contribution is -0.126. The second-order valence-electron chi connectivity index (χ2n) is 9.09. The summed E-state index contributed by atoms with van der Waals surface area (Å²) in [7, 11) is 0. The van der Waals surface area contributed by atoms with Crippen LogP contribution in [0.4, 0.5) is 11.4 Å². The van der Waals surface area contributed by atoms with Crippen LogP contribution in [-0.4, -0.2) is 30.9 Å². The molecule has 8 heteroatoms. The minimum atomic E-state index is -0.405. The predicted molar refractivity (Wildman–Crippen MR) is 145 cm³/mol. The molecule has 1 fully saturated rings. The molecule has 3 aromatic rings. The van der Waals surface area contributed by atoms with Crippen LogP contribution in [0.25, 0.3) is 0 Å². The SMILES string of the molecule is CCc1ccc(CNC(=O)[C@@H]2CC(=O)N(c3ccc(OCC(=O)Nc4ccc(C)c(Cl)c4)cc3)C2)cc1. The van der Waals surface area contributed by atoms with Gasteiger partial charge in [0.1, 0.15) is 5.75 Å². The fraction of sp³-hybridized carbons (Fsp3) is 0.276. The van der Waals surface area contributed by atoms with E-state index >= 15 is 0 Å². The van der Waals surface area contributed by atoms with Crippen molar-refractivity contribution in [3.63, 3.8) is 0 Å². The maximum atomic E-state index is 12.7. The van der Waals surface area contributed by atoms with E-state index in [0.29, 0.717) is 35.2 Å². The summed E-state index contributed by atoms with van der Waals surface area (Å²) in [6.07, 6.45) is 1.14. The summed E-state index contributed by atoms with van der Waals surface area (Å²) in [6.45, 7) is 4.57. The molecule has 192 valence electrons. The van der Waals surface area contributed by atoms with Crippen LogP contribution in [-0.2, 0) is 27.3 Å². The molecule has 0 aliphatic carbocycles. The number of carbonyl (C=O) groups is 3. The summed E-state index contributed by atoms with van der Waals surface area (Å²) < 4.78 is 5.57. The molecule has 3 amide bonds. The van der Waals surface area contributed by atoms with Crippen LogP contribution in [0.15, 0.2) is 66.7 Å². The van der Waals surface area contributed by atoms with Crippen LogP contribution in [0.1, 0.15) is 30.0 Å². The van der Waals surface area contributed by atoms with Crippen molar-refractivity contribution in [1.82, 2.24) is 5.32 Å². The lowest BCUT2D eigenvalue weighted by atomic mass is 10.1. The Morgan fingerprint density at radius 2 is 1.73 bits per heavy atom. The molecule has 4 rings (SSSR count). The number of ether oxygens (including phenoxy) is 1. The van der Waals surface area contributed by atoms with Crippen molar-refractivity contribution in [2.45, 2.75) is 33.2 Å². The molecule has 0 bridgehead atoms. The van der Waals surface area contributed by atoms with Crippen molar-refractivity contribution in [3.8, 4) is 5.75 Å². The van der Waals surface area contributed by atoms with Crippen LogP contribution in [0.2, 0.25) is 5.02 Å². The first-order chi connectivity index (χ1) is 17.8. The molecular formula is C29H30ClN3O4. The van der Waals surface area contributed by atoms with Crippen LogP contribution in [0.3, 0.4) is 0 Å². The van der Waals surface area contributed by atoms with E-state index < -0.39 is 5.92 Å². The highest BCUT2D eigenvalue weighted by Gasteiger charge is 2.35. The number of rotatable bonds is 9. The topological polar surface area (TPSA) is 87.7 Å². The Balaban J connectivity index is 1.26. The number of hydrogen-bond acceptors (Lipinski definition) is 4. The van der Waals surface area contributed by atoms with E-state index in [1.807, 2.05) is 25.1 Å². The van der Waals surface area contributed by atoms with Gasteiger partial charge in [-0.05, 0) is 66.4 Å². The number of nitrogens with one attached hydrogen (secondary N) is 2. The molecule has 0 aromatic heterocycles. The van der Waals surface area contributed by atoms with Gasteiger partial charge in [-0.25, -0.2) is 0 Å². The second-order valence-corrected chi connectivity index (χ2v) is 9.50. The van der Waals surface area contributed by atoms with Gasteiger partial charge in [0.2, 0.25) is 11.8 Å². The average molecular weight is 520 g/mol. The Kier molecular flexibility index (Phi) is 8.46. The van der Waals surface area contributed by atoms with E-state index in [-0.39, 0.29) is 30.7 Å². The molecule has 0 unspecified atom stereocenters. The number of carbonyl (C=O) groups excluding carboxylic acids is 3. The van der Waals surface area contributed by atoms with Gasteiger partial charge < -0.3 is 20.3 Å². The molecular weight excluding hydrogens is 490 g/mol. The summed E-state index contributed by atoms with van der Waals surface area (Å²) in [5, 5.41) is 6.27. The predicted octanol–water partition coefficient (Wildman–Crippen LogP) is 4.90. The normalized spacial score (nSPS) is 14.9. The van der Waals surface area contributed by atoms with Gasteiger partial charge in [-0.3, -0.25) is 14.4 Å². The largest absolute Gasteiger partial charge is 0.484 e. The Morgan fingerprint density at radius 3 is 2.41 bits per heavy atom. The fourth-order valence-corrected chi connectivity index (χ4v) is 4.28. The molecule has 1 saturated heterocycles. The summed E-state index contributed by atoms with van der Waals surface area (Å²) in [5.41, 5.74) is 4.48. The maximum Gasteiger partial charge on any atom is 0.262 e. The first-order valence-corrected chi connectivity index (χ1v) is 12.6. The summed E-state index contributed by atoms with van der Waals surface area (Å²) >= 11 is 6.09. The molecule has 0 radical (unpaired) electrons. The number of hydrogen-bond donors (Lipinski definition) is 2. The number of halogens is 1. The van der Waals surface area contributed by atoms with Gasteiger partial charge in [0.15, 0.2) is 6.61 Å². The molecule has 1 aliphatic rings. The van der Waals surface area contributed by atoms with Gasteiger partial charge in [-0.15, -0.1) is 0 Å². The van der Waals surface area contributed by atoms with E-state index in [4.69, 9.17) is 16.3 Å².